The number of ether oxygens (including phenoxy) is 3. The van der Waals surface area contributed by atoms with Crippen molar-refractivity contribution in [2.45, 2.75) is 20.8 Å². The Labute approximate surface area is 248 Å². The third kappa shape index (κ3) is 7.94. The fraction of sp³-hybridized carbons (Fsp3) is 0.346. The normalized spacial score (nSPS) is 10.3. The number of halogens is 2. The van der Waals surface area contributed by atoms with Gasteiger partial charge in [-0.2, -0.15) is 0 Å². The second-order valence-electron chi connectivity index (χ2n) is 8.32. The molecule has 3 N–H and O–H groups in total. The quantitative estimate of drug-likeness (QED) is 0.241. The fourth-order valence-corrected chi connectivity index (χ4v) is 4.95. The van der Waals surface area contributed by atoms with Crippen molar-refractivity contribution in [1.29, 1.82) is 0 Å². The summed E-state index contributed by atoms with van der Waals surface area (Å²) < 4.78 is 17.6. The van der Waals surface area contributed by atoms with Crippen LogP contribution in [0.25, 0.3) is 11.1 Å². The van der Waals surface area contributed by atoms with Crippen molar-refractivity contribution in [3.8, 4) is 28.4 Å². The van der Waals surface area contributed by atoms with Crippen LogP contribution in [0.4, 0.5) is 5.69 Å². The molecule has 2 aromatic rings. The van der Waals surface area contributed by atoms with Crippen LogP contribution >= 0.6 is 31.9 Å². The van der Waals surface area contributed by atoms with Gasteiger partial charge in [-0.15, -0.1) is 0 Å². The van der Waals surface area contributed by atoms with Gasteiger partial charge in [-0.1, -0.05) is 12.1 Å². The van der Waals surface area contributed by atoms with Crippen LogP contribution in [0.3, 0.4) is 0 Å². The molecule has 0 spiro atoms. The Kier molecular flexibility index (Phi) is 11.9. The Balaban J connectivity index is 2.86. The highest BCUT2D eigenvalue weighted by Crippen LogP contribution is 2.55. The van der Waals surface area contributed by atoms with E-state index in [1.54, 1.807) is 32.2 Å². The number of carbonyl (C=O) groups is 5. The number of rotatable bonds is 11. The number of amides is 4. The van der Waals surface area contributed by atoms with Crippen molar-refractivity contribution < 1.29 is 38.2 Å². The van der Waals surface area contributed by atoms with Gasteiger partial charge in [0.15, 0.2) is 19.0 Å². The van der Waals surface area contributed by atoms with Crippen molar-refractivity contribution in [3.05, 3.63) is 32.7 Å². The number of anilines is 1. The largest absolute Gasteiger partial charge is 0.482 e. The molecule has 0 heterocycles. The minimum atomic E-state index is -0.638. The topological polar surface area (TPSA) is 152 Å². The molecular formula is C26H30Br2N4O8. The van der Waals surface area contributed by atoms with Crippen LogP contribution in [0.15, 0.2) is 27.1 Å². The molecule has 0 bridgehead atoms. The molecule has 216 valence electrons. The van der Waals surface area contributed by atoms with E-state index < -0.39 is 31.0 Å². The molecule has 12 nitrogen and oxygen atoms in total. The zero-order valence-electron chi connectivity index (χ0n) is 22.8. The van der Waals surface area contributed by atoms with Crippen molar-refractivity contribution in [1.82, 2.24) is 16.0 Å². The predicted molar refractivity (Wildman–Crippen MR) is 155 cm³/mol. The van der Waals surface area contributed by atoms with E-state index in [2.05, 4.69) is 47.8 Å². The van der Waals surface area contributed by atoms with E-state index in [-0.39, 0.29) is 44.6 Å². The molecule has 0 aromatic heterocycles. The fourth-order valence-electron chi connectivity index (χ4n) is 3.50. The molecule has 2 rings (SSSR count). The van der Waals surface area contributed by atoms with Crippen molar-refractivity contribution in [2.75, 3.05) is 45.8 Å². The van der Waals surface area contributed by atoms with Gasteiger partial charge in [0.2, 0.25) is 11.8 Å². The van der Waals surface area contributed by atoms with Gasteiger partial charge in [-0.25, -0.2) is 0 Å². The number of carbonyl (C=O) groups excluding carboxylic acids is 5. The van der Waals surface area contributed by atoms with Gasteiger partial charge in [-0.3, -0.25) is 24.0 Å². The Morgan fingerprint density at radius 3 is 1.85 bits per heavy atom. The van der Waals surface area contributed by atoms with Crippen molar-refractivity contribution >= 4 is 67.1 Å². The van der Waals surface area contributed by atoms with Crippen LogP contribution in [-0.2, 0) is 24.0 Å². The molecule has 4 amide bonds. The molecule has 0 aliphatic rings. The number of hydrogen-bond acceptors (Lipinski definition) is 8. The molecule has 0 unspecified atom stereocenters. The van der Waals surface area contributed by atoms with Crippen LogP contribution in [0, 0.1) is 6.92 Å². The number of likely N-dealkylation sites (N-methyl/N-ethyl adjacent to an activating group) is 3. The molecule has 2 aromatic carbocycles. The van der Waals surface area contributed by atoms with Crippen molar-refractivity contribution in [2.24, 2.45) is 0 Å². The summed E-state index contributed by atoms with van der Waals surface area (Å²) in [5.41, 5.74) is 1.95. The Hall–Kier alpha value is -3.65. The van der Waals surface area contributed by atoms with Gasteiger partial charge in [-0.05, 0) is 56.0 Å². The second kappa shape index (κ2) is 14.7. The average molecular weight is 686 g/mol. The highest BCUT2D eigenvalue weighted by Gasteiger charge is 2.30. The SMILES string of the molecule is CNC(=O)COc1c(Br)c(OC(C)=O)c(Br)c(OCC(=O)NC)c1-c1cccc(N(C)C(=O)CNC(C)=O)c1C. The number of esters is 1. The van der Waals surface area contributed by atoms with Crippen LogP contribution in [-0.4, -0.2) is 70.5 Å². The average Bonchev–Trinajstić information content (AvgIpc) is 2.91. The van der Waals surface area contributed by atoms with Gasteiger partial charge >= 0.3 is 5.97 Å². The highest BCUT2D eigenvalue weighted by atomic mass is 79.9. The van der Waals surface area contributed by atoms with E-state index in [0.29, 0.717) is 22.4 Å². The lowest BCUT2D eigenvalue weighted by Gasteiger charge is -2.25. The second-order valence-corrected chi connectivity index (χ2v) is 9.91. The maximum atomic E-state index is 12.8. The van der Waals surface area contributed by atoms with Crippen LogP contribution in [0.2, 0.25) is 0 Å². The van der Waals surface area contributed by atoms with Gasteiger partial charge < -0.3 is 35.1 Å². The highest BCUT2D eigenvalue weighted by molar-refractivity contribution is 9.11. The third-order valence-electron chi connectivity index (χ3n) is 5.55. The summed E-state index contributed by atoms with van der Waals surface area (Å²) in [7, 11) is 4.47. The summed E-state index contributed by atoms with van der Waals surface area (Å²) in [4.78, 5) is 61.6. The zero-order valence-corrected chi connectivity index (χ0v) is 26.0. The lowest BCUT2D eigenvalue weighted by atomic mass is 9.96. The molecule has 0 saturated carbocycles. The van der Waals surface area contributed by atoms with E-state index in [9.17, 15) is 24.0 Å². The number of nitrogens with zero attached hydrogens (tertiary/aromatic N) is 1. The maximum Gasteiger partial charge on any atom is 0.308 e. The summed E-state index contributed by atoms with van der Waals surface area (Å²) in [6.07, 6.45) is 0. The lowest BCUT2D eigenvalue weighted by molar-refractivity contribution is -0.132. The van der Waals surface area contributed by atoms with E-state index in [1.807, 2.05) is 0 Å². The molecule has 14 heteroatoms. The minimum Gasteiger partial charge on any atom is -0.482 e. The first-order chi connectivity index (χ1) is 18.8. The summed E-state index contributed by atoms with van der Waals surface area (Å²) in [6, 6.07) is 5.16. The zero-order chi connectivity index (χ0) is 30.1. The first kappa shape index (κ1) is 32.6. The third-order valence-corrected chi connectivity index (χ3v) is 6.99. The first-order valence-electron chi connectivity index (χ1n) is 11.8. The minimum absolute atomic E-state index is 0.00599. The monoisotopic (exact) mass is 684 g/mol. The molecule has 0 saturated heterocycles. The van der Waals surface area contributed by atoms with Gasteiger partial charge in [0.05, 0.1) is 12.1 Å². The lowest BCUT2D eigenvalue weighted by Crippen LogP contribution is -2.37. The standard InChI is InChI=1S/C26H30Br2N4O8/c1-13-16(8-7-9-17(13)32(6)20(37)10-31-14(2)33)21-24(38-11-18(35)29-4)22(27)26(40-15(3)34)23(28)25(21)39-12-19(36)30-5/h7-9H,10-12H2,1-6H3,(H,29,35)(H,30,36)(H,31,33). The molecule has 0 atom stereocenters. The molecule has 0 aliphatic heterocycles. The first-order valence-corrected chi connectivity index (χ1v) is 13.4. The summed E-state index contributed by atoms with van der Waals surface area (Å²) in [5, 5.41) is 7.42. The van der Waals surface area contributed by atoms with Gasteiger partial charge in [0, 0.05) is 40.7 Å². The Bertz CT molecular complexity index is 1290. The molecule has 40 heavy (non-hydrogen) atoms. The van der Waals surface area contributed by atoms with Crippen LogP contribution in [0.1, 0.15) is 19.4 Å². The Morgan fingerprint density at radius 1 is 0.875 bits per heavy atom. The molecule has 0 radical (unpaired) electrons. The van der Waals surface area contributed by atoms with E-state index in [1.165, 1.54) is 32.8 Å². The van der Waals surface area contributed by atoms with E-state index in [0.717, 1.165) is 0 Å². The predicted octanol–water partition coefficient (Wildman–Crippen LogP) is 2.46. The number of hydrogen-bond donors (Lipinski definition) is 3. The maximum absolute atomic E-state index is 12.8. The van der Waals surface area contributed by atoms with Crippen molar-refractivity contribution in [3.63, 3.8) is 0 Å². The van der Waals surface area contributed by atoms with Gasteiger partial charge in [0.1, 0.15) is 20.4 Å². The molecule has 0 aliphatic carbocycles. The summed E-state index contributed by atoms with van der Waals surface area (Å²) in [5.74, 6) is -2.04. The van der Waals surface area contributed by atoms with Crippen LogP contribution in [0.5, 0.6) is 17.2 Å². The van der Waals surface area contributed by atoms with E-state index >= 15 is 0 Å². The smallest absolute Gasteiger partial charge is 0.308 e. The molecular weight excluding hydrogens is 656 g/mol. The Morgan fingerprint density at radius 2 is 1.40 bits per heavy atom. The van der Waals surface area contributed by atoms with Crippen LogP contribution < -0.4 is 35.1 Å². The number of benzene rings is 2. The number of nitrogens with one attached hydrogen (secondary N) is 3. The van der Waals surface area contributed by atoms with E-state index in [4.69, 9.17) is 14.2 Å². The summed E-state index contributed by atoms with van der Waals surface area (Å²) >= 11 is 6.87. The van der Waals surface area contributed by atoms with Gasteiger partial charge in [0.25, 0.3) is 11.8 Å². The molecule has 0 fully saturated rings. The summed E-state index contributed by atoms with van der Waals surface area (Å²) in [6.45, 7) is 3.29.